The van der Waals surface area contributed by atoms with Crippen LogP contribution in [-0.2, 0) is 26.2 Å². The van der Waals surface area contributed by atoms with E-state index in [1.165, 1.54) is 4.31 Å². The van der Waals surface area contributed by atoms with Crippen LogP contribution in [0.2, 0.25) is 0 Å². The van der Waals surface area contributed by atoms with Gasteiger partial charge in [-0.25, -0.2) is 5.14 Å². The molecule has 1 aromatic carbocycles. The van der Waals surface area contributed by atoms with Crippen molar-refractivity contribution in [2.24, 2.45) is 11.1 Å². The van der Waals surface area contributed by atoms with E-state index in [1.54, 1.807) is 18.2 Å². The number of hydrogen-bond acceptors (Lipinski definition) is 4. The number of carboxylic acids is 1. The van der Waals surface area contributed by atoms with Gasteiger partial charge in [0.25, 0.3) is 10.2 Å². The molecule has 132 valence electrons. The van der Waals surface area contributed by atoms with Gasteiger partial charge < -0.3 is 10.4 Å². The Morgan fingerprint density at radius 1 is 1.29 bits per heavy atom. The molecule has 1 fully saturated rings. The number of amides is 1. The Balaban J connectivity index is 1.91. The van der Waals surface area contributed by atoms with Gasteiger partial charge in [-0.05, 0) is 37.0 Å². The maximum atomic E-state index is 12.3. The summed E-state index contributed by atoms with van der Waals surface area (Å²) in [5.74, 6) is -1.31. The SMILES string of the molecule is NS(=O)(=O)N1CCC(C(=O)Nc2cccc(CCC(=O)O)c2)CC1. The van der Waals surface area contributed by atoms with Gasteiger partial charge in [0.2, 0.25) is 5.91 Å². The van der Waals surface area contributed by atoms with Crippen molar-refractivity contribution in [2.45, 2.75) is 25.7 Å². The number of nitrogens with two attached hydrogens (primary N) is 1. The highest BCUT2D eigenvalue weighted by atomic mass is 32.2. The number of benzene rings is 1. The molecule has 1 aromatic rings. The quantitative estimate of drug-likeness (QED) is 0.686. The lowest BCUT2D eigenvalue weighted by Gasteiger charge is -2.29. The highest BCUT2D eigenvalue weighted by Gasteiger charge is 2.29. The van der Waals surface area contributed by atoms with E-state index in [2.05, 4.69) is 5.32 Å². The van der Waals surface area contributed by atoms with Crippen molar-refractivity contribution < 1.29 is 23.1 Å². The first-order valence-corrected chi connectivity index (χ1v) is 9.15. The number of aliphatic carboxylic acids is 1. The van der Waals surface area contributed by atoms with E-state index in [0.717, 1.165) is 5.56 Å². The van der Waals surface area contributed by atoms with Crippen molar-refractivity contribution >= 4 is 27.8 Å². The second-order valence-electron chi connectivity index (χ2n) is 5.80. The molecule has 0 spiro atoms. The molecule has 24 heavy (non-hydrogen) atoms. The van der Waals surface area contributed by atoms with Crippen LogP contribution in [0.15, 0.2) is 24.3 Å². The molecule has 4 N–H and O–H groups in total. The third-order valence-corrected chi connectivity index (χ3v) is 5.09. The summed E-state index contributed by atoms with van der Waals surface area (Å²) in [4.78, 5) is 22.9. The van der Waals surface area contributed by atoms with E-state index in [0.29, 0.717) is 24.9 Å². The fourth-order valence-electron chi connectivity index (χ4n) is 2.67. The summed E-state index contributed by atoms with van der Waals surface area (Å²) in [6.45, 7) is 0.463. The zero-order valence-corrected chi connectivity index (χ0v) is 14.0. The first kappa shape index (κ1) is 18.4. The number of nitrogens with one attached hydrogen (secondary N) is 1. The smallest absolute Gasteiger partial charge is 0.303 e. The molecular weight excluding hydrogens is 334 g/mol. The first-order valence-electron chi connectivity index (χ1n) is 7.65. The van der Waals surface area contributed by atoms with Gasteiger partial charge in [0, 0.05) is 31.1 Å². The van der Waals surface area contributed by atoms with Gasteiger partial charge in [-0.2, -0.15) is 12.7 Å². The molecule has 0 atom stereocenters. The fourth-order valence-corrected chi connectivity index (χ4v) is 3.39. The van der Waals surface area contributed by atoms with Crippen LogP contribution in [-0.4, -0.2) is 42.8 Å². The summed E-state index contributed by atoms with van der Waals surface area (Å²) in [6, 6.07) is 7.06. The third kappa shape index (κ3) is 5.29. The maximum absolute atomic E-state index is 12.3. The van der Waals surface area contributed by atoms with Crippen molar-refractivity contribution in [3.8, 4) is 0 Å². The molecule has 0 radical (unpaired) electrons. The summed E-state index contributed by atoms with van der Waals surface area (Å²) < 4.78 is 23.7. The van der Waals surface area contributed by atoms with Crippen molar-refractivity contribution in [2.75, 3.05) is 18.4 Å². The van der Waals surface area contributed by atoms with Gasteiger partial charge in [0.1, 0.15) is 0 Å². The molecule has 0 bridgehead atoms. The van der Waals surface area contributed by atoms with E-state index in [9.17, 15) is 18.0 Å². The molecule has 0 unspecified atom stereocenters. The van der Waals surface area contributed by atoms with Crippen molar-refractivity contribution in [1.82, 2.24) is 4.31 Å². The number of nitrogens with zero attached hydrogens (tertiary/aromatic N) is 1. The Labute approximate surface area is 140 Å². The van der Waals surface area contributed by atoms with Gasteiger partial charge in [0.05, 0.1) is 0 Å². The van der Waals surface area contributed by atoms with Crippen LogP contribution in [0.5, 0.6) is 0 Å². The van der Waals surface area contributed by atoms with Gasteiger partial charge in [-0.1, -0.05) is 12.1 Å². The molecule has 1 aliphatic heterocycles. The minimum atomic E-state index is -3.70. The predicted octanol–water partition coefficient (Wildman–Crippen LogP) is 0.558. The first-order chi connectivity index (χ1) is 11.3. The van der Waals surface area contributed by atoms with Gasteiger partial charge in [-0.3, -0.25) is 9.59 Å². The number of carbonyl (C=O) groups excluding carboxylic acids is 1. The van der Waals surface area contributed by atoms with Crippen molar-refractivity contribution in [3.63, 3.8) is 0 Å². The van der Waals surface area contributed by atoms with Crippen LogP contribution in [0.1, 0.15) is 24.8 Å². The number of piperidine rings is 1. The predicted molar refractivity (Wildman–Crippen MR) is 88.4 cm³/mol. The topological polar surface area (TPSA) is 130 Å². The highest BCUT2D eigenvalue weighted by Crippen LogP contribution is 2.21. The summed E-state index contributed by atoms with van der Waals surface area (Å²) >= 11 is 0. The summed E-state index contributed by atoms with van der Waals surface area (Å²) in [6.07, 6.45) is 1.26. The highest BCUT2D eigenvalue weighted by molar-refractivity contribution is 7.86. The van der Waals surface area contributed by atoms with Crippen LogP contribution in [0.3, 0.4) is 0 Å². The van der Waals surface area contributed by atoms with E-state index in [-0.39, 0.29) is 31.3 Å². The minimum absolute atomic E-state index is 0.0312. The normalized spacial score (nSPS) is 16.7. The average Bonchev–Trinajstić information content (AvgIpc) is 2.52. The van der Waals surface area contributed by atoms with Gasteiger partial charge >= 0.3 is 5.97 Å². The van der Waals surface area contributed by atoms with Gasteiger partial charge in [0.15, 0.2) is 0 Å². The molecule has 1 heterocycles. The fraction of sp³-hybridized carbons (Fsp3) is 0.467. The number of anilines is 1. The molecule has 1 saturated heterocycles. The Bertz CT molecular complexity index is 712. The Kier molecular flexibility index (Phi) is 5.92. The lowest BCUT2D eigenvalue weighted by atomic mass is 9.97. The summed E-state index contributed by atoms with van der Waals surface area (Å²) in [5.41, 5.74) is 1.44. The number of carbonyl (C=O) groups is 2. The Morgan fingerprint density at radius 3 is 2.54 bits per heavy atom. The number of hydrogen-bond donors (Lipinski definition) is 3. The molecular formula is C15H21N3O5S. The standard InChI is InChI=1S/C15H21N3O5S/c16-24(22,23)18-8-6-12(7-9-18)15(21)17-13-3-1-2-11(10-13)4-5-14(19)20/h1-3,10,12H,4-9H2,(H,17,21)(H,19,20)(H2,16,22,23). The third-order valence-electron chi connectivity index (χ3n) is 4.01. The molecule has 0 aromatic heterocycles. The van der Waals surface area contributed by atoms with Crippen LogP contribution in [0.25, 0.3) is 0 Å². The van der Waals surface area contributed by atoms with Crippen LogP contribution in [0, 0.1) is 5.92 Å². The summed E-state index contributed by atoms with van der Waals surface area (Å²) in [7, 11) is -3.70. The van der Waals surface area contributed by atoms with E-state index >= 15 is 0 Å². The van der Waals surface area contributed by atoms with Gasteiger partial charge in [-0.15, -0.1) is 0 Å². The number of carboxylic acid groups (broad SMARTS) is 1. The number of aryl methyl sites for hydroxylation is 1. The molecule has 9 heteroatoms. The van der Waals surface area contributed by atoms with Crippen LogP contribution >= 0.6 is 0 Å². The molecule has 0 aliphatic carbocycles. The zero-order valence-electron chi connectivity index (χ0n) is 13.1. The van der Waals surface area contributed by atoms with Crippen molar-refractivity contribution in [1.29, 1.82) is 0 Å². The second kappa shape index (κ2) is 7.73. The second-order valence-corrected chi connectivity index (χ2v) is 7.35. The molecule has 0 saturated carbocycles. The Hall–Kier alpha value is -1.97. The molecule has 1 amide bonds. The van der Waals surface area contributed by atoms with Crippen LogP contribution < -0.4 is 10.5 Å². The van der Waals surface area contributed by atoms with E-state index < -0.39 is 16.2 Å². The van der Waals surface area contributed by atoms with Crippen molar-refractivity contribution in [3.05, 3.63) is 29.8 Å². The van der Waals surface area contributed by atoms with E-state index in [4.69, 9.17) is 10.2 Å². The zero-order chi connectivity index (χ0) is 17.7. The molecule has 8 nitrogen and oxygen atoms in total. The average molecular weight is 355 g/mol. The van der Waals surface area contributed by atoms with Crippen LogP contribution in [0.4, 0.5) is 5.69 Å². The molecule has 2 rings (SSSR count). The lowest BCUT2D eigenvalue weighted by molar-refractivity contribution is -0.137. The summed E-state index contributed by atoms with van der Waals surface area (Å²) in [5, 5.41) is 16.6. The Morgan fingerprint density at radius 2 is 1.96 bits per heavy atom. The largest absolute Gasteiger partial charge is 0.481 e. The number of rotatable bonds is 6. The molecule has 1 aliphatic rings. The maximum Gasteiger partial charge on any atom is 0.303 e. The van der Waals surface area contributed by atoms with E-state index in [1.807, 2.05) is 6.07 Å². The minimum Gasteiger partial charge on any atom is -0.481 e. The lowest BCUT2D eigenvalue weighted by Crippen LogP contribution is -2.44. The monoisotopic (exact) mass is 355 g/mol.